The molecular formula is C22H25N3O2S. The minimum Gasteiger partial charge on any atom is -0.363 e. The van der Waals surface area contributed by atoms with Crippen molar-refractivity contribution in [2.24, 2.45) is 0 Å². The number of hydroxylamine groups is 2. The average molecular weight is 396 g/mol. The molecule has 0 N–H and O–H groups in total. The van der Waals surface area contributed by atoms with Crippen LogP contribution < -0.4 is 0 Å². The third-order valence-electron chi connectivity index (χ3n) is 5.34. The van der Waals surface area contributed by atoms with Gasteiger partial charge in [0.25, 0.3) is 0 Å². The second-order valence-electron chi connectivity index (χ2n) is 7.15. The Morgan fingerprint density at radius 2 is 1.79 bits per heavy atom. The third-order valence-corrected chi connectivity index (χ3v) is 6.52. The van der Waals surface area contributed by atoms with Crippen molar-refractivity contribution in [1.82, 2.24) is 14.9 Å². The summed E-state index contributed by atoms with van der Waals surface area (Å²) in [6, 6.07) is 12.5. The van der Waals surface area contributed by atoms with E-state index in [0.717, 1.165) is 54.4 Å². The highest BCUT2D eigenvalue weighted by atomic mass is 32.1. The van der Waals surface area contributed by atoms with E-state index in [1.807, 2.05) is 19.1 Å². The molecule has 1 saturated heterocycles. The van der Waals surface area contributed by atoms with Crippen molar-refractivity contribution in [3.8, 4) is 10.6 Å². The summed E-state index contributed by atoms with van der Waals surface area (Å²) < 4.78 is 0. The van der Waals surface area contributed by atoms with Gasteiger partial charge in [-0.2, -0.15) is 0 Å². The van der Waals surface area contributed by atoms with Gasteiger partial charge in [-0.15, -0.1) is 16.4 Å². The predicted octanol–water partition coefficient (Wildman–Crippen LogP) is 4.29. The summed E-state index contributed by atoms with van der Waals surface area (Å²) in [4.78, 5) is 26.0. The molecule has 0 bridgehead atoms. The van der Waals surface area contributed by atoms with Crippen LogP contribution in [-0.4, -0.2) is 53.6 Å². The molecule has 0 spiro atoms. The van der Waals surface area contributed by atoms with E-state index in [9.17, 15) is 4.79 Å². The number of hydrogen-bond donors (Lipinski definition) is 0. The maximum Gasteiger partial charge on any atom is 0.369 e. The van der Waals surface area contributed by atoms with E-state index in [0.29, 0.717) is 4.88 Å². The van der Waals surface area contributed by atoms with Crippen LogP contribution in [-0.2, 0) is 4.84 Å². The number of carbonyl (C=O) groups is 1. The Morgan fingerprint density at radius 3 is 2.50 bits per heavy atom. The van der Waals surface area contributed by atoms with Crippen LogP contribution in [0.4, 0.5) is 0 Å². The van der Waals surface area contributed by atoms with Crippen LogP contribution in [0.3, 0.4) is 0 Å². The predicted molar refractivity (Wildman–Crippen MR) is 114 cm³/mol. The lowest BCUT2D eigenvalue weighted by Gasteiger charge is -2.32. The molecule has 1 aromatic heterocycles. The van der Waals surface area contributed by atoms with Gasteiger partial charge in [0.05, 0.1) is 5.69 Å². The van der Waals surface area contributed by atoms with Gasteiger partial charge in [-0.05, 0) is 36.7 Å². The van der Waals surface area contributed by atoms with Crippen LogP contribution in [0.2, 0.25) is 0 Å². The zero-order valence-electron chi connectivity index (χ0n) is 16.6. The van der Waals surface area contributed by atoms with Crippen molar-refractivity contribution in [1.29, 1.82) is 0 Å². The first-order chi connectivity index (χ1) is 13.6. The lowest BCUT2D eigenvalue weighted by Crippen LogP contribution is -2.46. The summed E-state index contributed by atoms with van der Waals surface area (Å²) in [6.45, 7) is 10.5. The normalized spacial score (nSPS) is 15.8. The van der Waals surface area contributed by atoms with Gasteiger partial charge in [-0.25, -0.2) is 9.78 Å². The highest BCUT2D eigenvalue weighted by Crippen LogP contribution is 2.34. The van der Waals surface area contributed by atoms with Gasteiger partial charge in [0.1, 0.15) is 9.88 Å². The quantitative estimate of drug-likeness (QED) is 0.659. The van der Waals surface area contributed by atoms with Crippen LogP contribution in [0.1, 0.15) is 27.9 Å². The highest BCUT2D eigenvalue weighted by molar-refractivity contribution is 7.17. The van der Waals surface area contributed by atoms with Gasteiger partial charge in [0.2, 0.25) is 0 Å². The number of rotatable bonds is 4. The maximum atomic E-state index is 12.7. The molecule has 6 heteroatoms. The number of aromatic nitrogens is 1. The van der Waals surface area contributed by atoms with Crippen molar-refractivity contribution in [3.05, 3.63) is 52.5 Å². The molecular weight excluding hydrogens is 370 g/mol. The lowest BCUT2D eigenvalue weighted by atomic mass is 10.0. The van der Waals surface area contributed by atoms with Gasteiger partial charge < -0.3 is 9.74 Å². The third kappa shape index (κ3) is 3.68. The van der Waals surface area contributed by atoms with Crippen LogP contribution in [0.5, 0.6) is 0 Å². The van der Waals surface area contributed by atoms with Gasteiger partial charge in [-0.3, -0.25) is 0 Å². The monoisotopic (exact) mass is 395 g/mol. The molecule has 2 heterocycles. The molecule has 146 valence electrons. The van der Waals surface area contributed by atoms with Crippen molar-refractivity contribution in [2.75, 3.05) is 32.7 Å². The molecule has 1 aliphatic rings. The maximum absolute atomic E-state index is 12.7. The molecule has 1 fully saturated rings. The summed E-state index contributed by atoms with van der Waals surface area (Å²) >= 11 is 1.41. The second kappa shape index (κ2) is 7.99. The smallest absolute Gasteiger partial charge is 0.363 e. The topological polar surface area (TPSA) is 45.7 Å². The lowest BCUT2D eigenvalue weighted by molar-refractivity contribution is -0.129. The molecule has 0 atom stereocenters. The number of benzene rings is 2. The minimum absolute atomic E-state index is 0.303. The Bertz CT molecular complexity index is 1010. The largest absolute Gasteiger partial charge is 0.369 e. The van der Waals surface area contributed by atoms with Crippen LogP contribution in [0.15, 0.2) is 36.4 Å². The van der Waals surface area contributed by atoms with Crippen LogP contribution >= 0.6 is 11.3 Å². The van der Waals surface area contributed by atoms with E-state index >= 15 is 0 Å². The number of aryl methyl sites for hydroxylation is 2. The first-order valence-electron chi connectivity index (χ1n) is 9.72. The molecule has 4 rings (SSSR count). The second-order valence-corrected chi connectivity index (χ2v) is 8.15. The minimum atomic E-state index is -0.303. The van der Waals surface area contributed by atoms with Crippen molar-refractivity contribution in [2.45, 2.75) is 20.8 Å². The molecule has 0 radical (unpaired) electrons. The first-order valence-corrected chi connectivity index (χ1v) is 10.5. The molecule has 3 aromatic rings. The fraction of sp³-hybridized carbons (Fsp3) is 0.364. The Kier molecular flexibility index (Phi) is 5.44. The summed E-state index contributed by atoms with van der Waals surface area (Å²) in [5.74, 6) is -0.303. The Balaban J connectivity index is 1.58. The SMILES string of the molecule is CCN1CCN(OC(=O)c2sc(-c3ccc(C)c4ccccc34)nc2C)CC1. The van der Waals surface area contributed by atoms with Crippen LogP contribution in [0, 0.1) is 13.8 Å². The van der Waals surface area contributed by atoms with Gasteiger partial charge in [-0.1, -0.05) is 43.3 Å². The summed E-state index contributed by atoms with van der Waals surface area (Å²) in [6.07, 6.45) is 0. The van der Waals surface area contributed by atoms with Crippen LogP contribution in [0.25, 0.3) is 21.3 Å². The Labute approximate surface area is 169 Å². The zero-order chi connectivity index (χ0) is 19.7. The number of thiazole rings is 1. The molecule has 1 aliphatic heterocycles. The van der Waals surface area contributed by atoms with Crippen molar-refractivity contribution in [3.63, 3.8) is 0 Å². The van der Waals surface area contributed by atoms with E-state index in [2.05, 4.69) is 43.0 Å². The van der Waals surface area contributed by atoms with E-state index in [4.69, 9.17) is 9.82 Å². The molecule has 0 amide bonds. The number of piperazine rings is 1. The highest BCUT2D eigenvalue weighted by Gasteiger charge is 2.24. The number of hydrogen-bond acceptors (Lipinski definition) is 6. The molecule has 28 heavy (non-hydrogen) atoms. The molecule has 0 unspecified atom stereocenters. The average Bonchev–Trinajstić information content (AvgIpc) is 3.10. The number of nitrogens with zero attached hydrogens (tertiary/aromatic N) is 3. The van der Waals surface area contributed by atoms with Crippen molar-refractivity contribution < 1.29 is 9.63 Å². The zero-order valence-corrected chi connectivity index (χ0v) is 17.4. The summed E-state index contributed by atoms with van der Waals surface area (Å²) in [5.41, 5.74) is 3.02. The molecule has 2 aromatic carbocycles. The van der Waals surface area contributed by atoms with E-state index in [1.54, 1.807) is 5.06 Å². The van der Waals surface area contributed by atoms with Gasteiger partial charge >= 0.3 is 5.97 Å². The molecule has 0 saturated carbocycles. The fourth-order valence-corrected chi connectivity index (χ4v) is 4.61. The fourth-order valence-electron chi connectivity index (χ4n) is 3.63. The van der Waals surface area contributed by atoms with E-state index in [1.165, 1.54) is 22.3 Å². The van der Waals surface area contributed by atoms with Gasteiger partial charge in [0, 0.05) is 31.7 Å². The summed E-state index contributed by atoms with van der Waals surface area (Å²) in [5, 5.41) is 5.00. The number of carbonyl (C=O) groups excluding carboxylic acids is 1. The number of likely N-dealkylation sites (N-methyl/N-ethyl adjacent to an activating group) is 1. The first kappa shape index (κ1) is 19.1. The van der Waals surface area contributed by atoms with Crippen molar-refractivity contribution >= 4 is 28.1 Å². The number of fused-ring (bicyclic) bond motifs is 1. The van der Waals surface area contributed by atoms with Gasteiger partial charge in [0.15, 0.2) is 0 Å². The van der Waals surface area contributed by atoms with E-state index < -0.39 is 0 Å². The Morgan fingerprint density at radius 1 is 1.07 bits per heavy atom. The standard InChI is InChI=1S/C22H25N3O2S/c1-4-24-11-13-25(14-12-24)27-22(26)20-16(3)23-21(28-20)19-10-9-15(2)17-7-5-6-8-18(17)19/h5-10H,4,11-14H2,1-3H3. The molecule has 0 aliphatic carbocycles. The Hall–Kier alpha value is -2.28. The summed E-state index contributed by atoms with van der Waals surface area (Å²) in [7, 11) is 0. The van der Waals surface area contributed by atoms with E-state index in [-0.39, 0.29) is 5.97 Å². The molecule has 5 nitrogen and oxygen atoms in total.